The summed E-state index contributed by atoms with van der Waals surface area (Å²) in [6.45, 7) is 5.32. The van der Waals surface area contributed by atoms with Gasteiger partial charge in [-0.2, -0.15) is 0 Å². The second kappa shape index (κ2) is 9.73. The molecule has 0 aliphatic carbocycles. The van der Waals surface area contributed by atoms with Crippen LogP contribution in [0.15, 0.2) is 48.5 Å². The first-order chi connectivity index (χ1) is 13.8. The average Bonchev–Trinajstić information content (AvgIpc) is 2.72. The van der Waals surface area contributed by atoms with E-state index in [1.165, 1.54) is 6.07 Å². The second-order valence-electron chi connectivity index (χ2n) is 7.09. The van der Waals surface area contributed by atoms with Gasteiger partial charge in [-0.3, -0.25) is 9.59 Å². The fourth-order valence-electron chi connectivity index (χ4n) is 2.42. The molecule has 0 atom stereocenters. The fraction of sp³-hybridized carbons (Fsp3) is 0.318. The first kappa shape index (κ1) is 21.9. The van der Waals surface area contributed by atoms with Crippen molar-refractivity contribution in [3.63, 3.8) is 0 Å². The third kappa shape index (κ3) is 6.34. The normalized spacial score (nSPS) is 10.8. The number of methoxy groups -OCH3 is 1. The molecular weight excluding hydrogens is 372 g/mol. The lowest BCUT2D eigenvalue weighted by Gasteiger charge is -2.24. The van der Waals surface area contributed by atoms with E-state index < -0.39 is 12.6 Å². The van der Waals surface area contributed by atoms with Crippen LogP contribution in [0.3, 0.4) is 0 Å². The molecule has 7 heteroatoms. The summed E-state index contributed by atoms with van der Waals surface area (Å²) in [5.41, 5.74) is 0.493. The van der Waals surface area contributed by atoms with Gasteiger partial charge >= 0.3 is 5.97 Å². The number of esters is 1. The van der Waals surface area contributed by atoms with Gasteiger partial charge in [-0.1, -0.05) is 19.1 Å². The van der Waals surface area contributed by atoms with Gasteiger partial charge < -0.3 is 20.1 Å². The highest BCUT2D eigenvalue weighted by atomic mass is 16.5. The molecule has 0 aliphatic rings. The molecule has 0 saturated carbocycles. The minimum absolute atomic E-state index is 0.164. The van der Waals surface area contributed by atoms with E-state index in [0.29, 0.717) is 17.0 Å². The number of rotatable bonds is 8. The van der Waals surface area contributed by atoms with Crippen LogP contribution in [-0.4, -0.2) is 37.0 Å². The Morgan fingerprint density at radius 3 is 2.28 bits per heavy atom. The van der Waals surface area contributed by atoms with Crippen molar-refractivity contribution in [3.8, 4) is 5.75 Å². The van der Waals surface area contributed by atoms with Crippen molar-refractivity contribution >= 4 is 23.5 Å². The zero-order chi connectivity index (χ0) is 21.4. The maximum atomic E-state index is 12.5. The van der Waals surface area contributed by atoms with Gasteiger partial charge in [0.25, 0.3) is 11.8 Å². The Kier molecular flexibility index (Phi) is 7.36. The molecule has 2 amide bonds. The molecule has 0 unspecified atom stereocenters. The molecule has 0 fully saturated rings. The summed E-state index contributed by atoms with van der Waals surface area (Å²) in [6.07, 6.45) is 0.743. The number of anilines is 1. The predicted octanol–water partition coefficient (Wildman–Crippen LogP) is 3.41. The highest BCUT2D eigenvalue weighted by Crippen LogP contribution is 2.18. The van der Waals surface area contributed by atoms with Crippen molar-refractivity contribution in [2.24, 2.45) is 0 Å². The summed E-state index contributed by atoms with van der Waals surface area (Å²) >= 11 is 0. The molecular formula is C22H26N2O5. The summed E-state index contributed by atoms with van der Waals surface area (Å²) in [6, 6.07) is 13.1. The summed E-state index contributed by atoms with van der Waals surface area (Å²) in [4.78, 5) is 36.9. The number of hydrogen-bond acceptors (Lipinski definition) is 5. The molecule has 0 aliphatic heterocycles. The number of carbonyl (C=O) groups excluding carboxylic acids is 3. The Balaban J connectivity index is 2.04. The van der Waals surface area contributed by atoms with Crippen LogP contribution < -0.4 is 15.4 Å². The molecule has 2 N–H and O–H groups in total. The van der Waals surface area contributed by atoms with Crippen molar-refractivity contribution in [2.75, 3.05) is 19.0 Å². The number of hydrogen-bond donors (Lipinski definition) is 2. The van der Waals surface area contributed by atoms with E-state index in [0.717, 1.165) is 6.42 Å². The van der Waals surface area contributed by atoms with E-state index >= 15 is 0 Å². The Labute approximate surface area is 170 Å². The Morgan fingerprint density at radius 1 is 1.00 bits per heavy atom. The molecule has 0 saturated heterocycles. The molecule has 29 heavy (non-hydrogen) atoms. The van der Waals surface area contributed by atoms with Crippen molar-refractivity contribution in [3.05, 3.63) is 59.7 Å². The standard InChI is InChI=1S/C22H26N2O5/c1-5-22(2,3)24-19(25)14-29-21(27)17-8-6-7-9-18(17)23-20(26)15-10-12-16(28-4)13-11-15/h6-13H,5,14H2,1-4H3,(H,23,26)(H,24,25). The highest BCUT2D eigenvalue weighted by molar-refractivity contribution is 6.08. The second-order valence-corrected chi connectivity index (χ2v) is 7.09. The van der Waals surface area contributed by atoms with E-state index in [4.69, 9.17) is 9.47 Å². The van der Waals surface area contributed by atoms with E-state index in [9.17, 15) is 14.4 Å². The number of amides is 2. The maximum Gasteiger partial charge on any atom is 0.340 e. The number of ether oxygens (including phenoxy) is 2. The van der Waals surface area contributed by atoms with Gasteiger partial charge in [0, 0.05) is 11.1 Å². The zero-order valence-corrected chi connectivity index (χ0v) is 17.1. The van der Waals surface area contributed by atoms with E-state index in [1.54, 1.807) is 49.6 Å². The first-order valence-electron chi connectivity index (χ1n) is 9.28. The lowest BCUT2D eigenvalue weighted by Crippen LogP contribution is -2.44. The predicted molar refractivity (Wildman–Crippen MR) is 110 cm³/mol. The smallest absolute Gasteiger partial charge is 0.340 e. The molecule has 0 heterocycles. The summed E-state index contributed by atoms with van der Waals surface area (Å²) in [5, 5.41) is 5.49. The van der Waals surface area contributed by atoms with Gasteiger partial charge in [-0.05, 0) is 56.7 Å². The SMILES string of the molecule is CCC(C)(C)NC(=O)COC(=O)c1ccccc1NC(=O)c1ccc(OC)cc1. The fourth-order valence-corrected chi connectivity index (χ4v) is 2.42. The number of para-hydroxylation sites is 1. The van der Waals surface area contributed by atoms with Gasteiger partial charge in [0.2, 0.25) is 0 Å². The monoisotopic (exact) mass is 398 g/mol. The van der Waals surface area contributed by atoms with Crippen LogP contribution in [0.4, 0.5) is 5.69 Å². The first-order valence-corrected chi connectivity index (χ1v) is 9.28. The van der Waals surface area contributed by atoms with Gasteiger partial charge in [0.05, 0.1) is 18.4 Å². The van der Waals surface area contributed by atoms with Crippen LogP contribution in [0.1, 0.15) is 47.9 Å². The quantitative estimate of drug-likeness (QED) is 0.665. The van der Waals surface area contributed by atoms with Crippen LogP contribution in [-0.2, 0) is 9.53 Å². The molecule has 0 radical (unpaired) electrons. The Bertz CT molecular complexity index is 875. The van der Waals surface area contributed by atoms with Crippen LogP contribution in [0.25, 0.3) is 0 Å². The zero-order valence-electron chi connectivity index (χ0n) is 17.1. The van der Waals surface area contributed by atoms with E-state index in [1.807, 2.05) is 20.8 Å². The molecule has 154 valence electrons. The van der Waals surface area contributed by atoms with Crippen molar-refractivity contribution in [2.45, 2.75) is 32.7 Å². The highest BCUT2D eigenvalue weighted by Gasteiger charge is 2.20. The molecule has 7 nitrogen and oxygen atoms in total. The van der Waals surface area contributed by atoms with Gasteiger partial charge in [-0.15, -0.1) is 0 Å². The van der Waals surface area contributed by atoms with Crippen LogP contribution in [0, 0.1) is 0 Å². The summed E-state index contributed by atoms with van der Waals surface area (Å²) in [5.74, 6) is -0.824. The van der Waals surface area contributed by atoms with Crippen molar-refractivity contribution in [1.29, 1.82) is 0 Å². The Hall–Kier alpha value is -3.35. The molecule has 2 rings (SSSR count). The van der Waals surface area contributed by atoms with E-state index in [-0.39, 0.29) is 22.9 Å². The minimum Gasteiger partial charge on any atom is -0.497 e. The average molecular weight is 398 g/mol. The van der Waals surface area contributed by atoms with Gasteiger partial charge in [0.15, 0.2) is 6.61 Å². The van der Waals surface area contributed by atoms with E-state index in [2.05, 4.69) is 10.6 Å². The Morgan fingerprint density at radius 2 is 1.66 bits per heavy atom. The summed E-state index contributed by atoms with van der Waals surface area (Å²) < 4.78 is 10.2. The number of carbonyl (C=O) groups is 3. The largest absolute Gasteiger partial charge is 0.497 e. The third-order valence-corrected chi connectivity index (χ3v) is 4.44. The number of nitrogens with one attached hydrogen (secondary N) is 2. The van der Waals surface area contributed by atoms with Crippen LogP contribution in [0.5, 0.6) is 5.75 Å². The third-order valence-electron chi connectivity index (χ3n) is 4.44. The van der Waals surface area contributed by atoms with Crippen molar-refractivity contribution < 1.29 is 23.9 Å². The topological polar surface area (TPSA) is 93.7 Å². The molecule has 0 spiro atoms. The lowest BCUT2D eigenvalue weighted by atomic mass is 10.0. The number of benzene rings is 2. The minimum atomic E-state index is -0.694. The van der Waals surface area contributed by atoms with Gasteiger partial charge in [0.1, 0.15) is 5.75 Å². The maximum absolute atomic E-state index is 12.5. The van der Waals surface area contributed by atoms with Crippen molar-refractivity contribution in [1.82, 2.24) is 5.32 Å². The molecule has 0 bridgehead atoms. The molecule has 0 aromatic heterocycles. The van der Waals surface area contributed by atoms with Crippen LogP contribution >= 0.6 is 0 Å². The van der Waals surface area contributed by atoms with Gasteiger partial charge in [-0.25, -0.2) is 4.79 Å². The molecule has 2 aromatic carbocycles. The summed E-state index contributed by atoms with van der Waals surface area (Å²) in [7, 11) is 1.54. The van der Waals surface area contributed by atoms with Crippen LogP contribution in [0.2, 0.25) is 0 Å². The molecule has 2 aromatic rings. The lowest BCUT2D eigenvalue weighted by molar-refractivity contribution is -0.125.